The number of carbonyl (C=O) groups excluding carboxylic acids is 1. The Morgan fingerprint density at radius 1 is 1.45 bits per heavy atom. The van der Waals surface area contributed by atoms with Crippen LogP contribution in [0.4, 0.5) is 5.95 Å². The molecular formula is C15H24N4O3. The number of carbonyl (C=O) groups is 1. The molecule has 1 saturated heterocycles. The van der Waals surface area contributed by atoms with Crippen molar-refractivity contribution in [2.45, 2.75) is 25.9 Å². The largest absolute Gasteiger partial charge is 0.377 e. The summed E-state index contributed by atoms with van der Waals surface area (Å²) < 4.78 is 11.3. The monoisotopic (exact) mass is 308 g/mol. The van der Waals surface area contributed by atoms with Crippen LogP contribution in [0, 0.1) is 13.8 Å². The number of aromatic nitrogens is 2. The number of anilines is 1. The van der Waals surface area contributed by atoms with Gasteiger partial charge in [0.05, 0.1) is 26.2 Å². The van der Waals surface area contributed by atoms with Gasteiger partial charge in [-0.25, -0.2) is 9.97 Å². The van der Waals surface area contributed by atoms with Gasteiger partial charge in [-0.3, -0.25) is 4.79 Å². The highest BCUT2D eigenvalue weighted by molar-refractivity contribution is 5.76. The van der Waals surface area contributed by atoms with E-state index in [9.17, 15) is 4.79 Å². The highest BCUT2D eigenvalue weighted by Crippen LogP contribution is 2.23. The zero-order valence-electron chi connectivity index (χ0n) is 13.7. The molecule has 7 heteroatoms. The summed E-state index contributed by atoms with van der Waals surface area (Å²) in [6.45, 7) is 6.00. The topological polar surface area (TPSA) is 76.6 Å². The minimum Gasteiger partial charge on any atom is -0.377 e. The number of ether oxygens (including phenoxy) is 2. The molecule has 2 heterocycles. The van der Waals surface area contributed by atoms with Gasteiger partial charge in [0.15, 0.2) is 0 Å². The van der Waals surface area contributed by atoms with Gasteiger partial charge in [-0.1, -0.05) is 0 Å². The third kappa shape index (κ3) is 3.92. The van der Waals surface area contributed by atoms with E-state index in [1.165, 1.54) is 0 Å². The van der Waals surface area contributed by atoms with E-state index >= 15 is 0 Å². The van der Waals surface area contributed by atoms with Crippen molar-refractivity contribution in [1.82, 2.24) is 15.3 Å². The van der Waals surface area contributed by atoms with Crippen LogP contribution in [0.25, 0.3) is 0 Å². The molecule has 1 amide bonds. The van der Waals surface area contributed by atoms with Crippen molar-refractivity contribution < 1.29 is 14.3 Å². The summed E-state index contributed by atoms with van der Waals surface area (Å²) in [5.74, 6) is 0.579. The first kappa shape index (κ1) is 16.6. The Kier molecular flexibility index (Phi) is 5.31. The third-order valence-electron chi connectivity index (χ3n) is 3.80. The number of aryl methyl sites for hydroxylation is 2. The molecule has 1 aliphatic heterocycles. The summed E-state index contributed by atoms with van der Waals surface area (Å²) in [5.41, 5.74) is 1.14. The molecule has 0 spiro atoms. The lowest BCUT2D eigenvalue weighted by molar-refractivity contribution is -0.130. The van der Waals surface area contributed by atoms with Gasteiger partial charge in [0.1, 0.15) is 5.60 Å². The summed E-state index contributed by atoms with van der Waals surface area (Å²) in [5, 5.41) is 2.64. The summed E-state index contributed by atoms with van der Waals surface area (Å²) in [4.78, 5) is 22.8. The van der Waals surface area contributed by atoms with Gasteiger partial charge < -0.3 is 19.7 Å². The molecule has 7 nitrogen and oxygen atoms in total. The quantitative estimate of drug-likeness (QED) is 0.870. The van der Waals surface area contributed by atoms with Gasteiger partial charge in [0.2, 0.25) is 11.9 Å². The van der Waals surface area contributed by atoms with Gasteiger partial charge in [-0.05, 0) is 19.9 Å². The second kappa shape index (κ2) is 7.02. The van der Waals surface area contributed by atoms with E-state index in [2.05, 4.69) is 15.3 Å². The minimum atomic E-state index is -0.697. The average molecular weight is 308 g/mol. The van der Waals surface area contributed by atoms with Crippen LogP contribution in [0.5, 0.6) is 0 Å². The van der Waals surface area contributed by atoms with E-state index in [0.717, 1.165) is 11.4 Å². The van der Waals surface area contributed by atoms with Gasteiger partial charge in [0, 0.05) is 32.1 Å². The predicted molar refractivity (Wildman–Crippen MR) is 83.0 cm³/mol. The summed E-state index contributed by atoms with van der Waals surface area (Å²) in [6, 6.07) is 1.94. The van der Waals surface area contributed by atoms with E-state index in [-0.39, 0.29) is 12.3 Å². The molecule has 0 bridgehead atoms. The zero-order chi connectivity index (χ0) is 16.2. The Hall–Kier alpha value is -1.73. The molecule has 2 rings (SSSR count). The standard InChI is InChI=1S/C15H24N4O3/c1-11-7-12(2)18-14(17-11)19-5-6-22-10-15(9-19,21-4)8-13(20)16-3/h7H,5-6,8-10H2,1-4H3,(H,16,20)/t15-/m0/s1. The lowest BCUT2D eigenvalue weighted by Gasteiger charge is -2.33. The van der Waals surface area contributed by atoms with E-state index in [1.807, 2.05) is 24.8 Å². The first-order valence-corrected chi connectivity index (χ1v) is 7.39. The second-order valence-electron chi connectivity index (χ2n) is 5.66. The summed E-state index contributed by atoms with van der Waals surface area (Å²) >= 11 is 0. The highest BCUT2D eigenvalue weighted by Gasteiger charge is 2.37. The molecule has 0 aromatic carbocycles. The molecule has 1 atom stereocenters. The lowest BCUT2D eigenvalue weighted by atomic mass is 9.99. The molecule has 122 valence electrons. The molecule has 1 aromatic rings. The molecule has 0 radical (unpaired) electrons. The number of amides is 1. The van der Waals surface area contributed by atoms with Gasteiger partial charge >= 0.3 is 0 Å². The fraction of sp³-hybridized carbons (Fsp3) is 0.667. The van der Waals surface area contributed by atoms with Crippen molar-refractivity contribution in [2.24, 2.45) is 0 Å². The molecule has 0 aliphatic carbocycles. The van der Waals surface area contributed by atoms with E-state index in [0.29, 0.717) is 32.3 Å². The van der Waals surface area contributed by atoms with Crippen LogP contribution in [0.1, 0.15) is 17.8 Å². The predicted octanol–water partition coefficient (Wildman–Crippen LogP) is 0.451. The molecule has 0 unspecified atom stereocenters. The van der Waals surface area contributed by atoms with Gasteiger partial charge in [0.25, 0.3) is 0 Å². The van der Waals surface area contributed by atoms with Crippen molar-refractivity contribution in [2.75, 3.05) is 45.4 Å². The molecular weight excluding hydrogens is 284 g/mol. The minimum absolute atomic E-state index is 0.0753. The summed E-state index contributed by atoms with van der Waals surface area (Å²) in [7, 11) is 3.23. The van der Waals surface area contributed by atoms with Crippen molar-refractivity contribution in [3.63, 3.8) is 0 Å². The number of hydrogen-bond donors (Lipinski definition) is 1. The summed E-state index contributed by atoms with van der Waals surface area (Å²) in [6.07, 6.45) is 0.237. The zero-order valence-corrected chi connectivity index (χ0v) is 13.7. The van der Waals surface area contributed by atoms with E-state index in [1.54, 1.807) is 14.2 Å². The molecule has 1 N–H and O–H groups in total. The lowest BCUT2D eigenvalue weighted by Crippen LogP contribution is -2.49. The first-order valence-electron chi connectivity index (χ1n) is 7.39. The third-order valence-corrected chi connectivity index (χ3v) is 3.80. The first-order chi connectivity index (χ1) is 10.5. The maximum atomic E-state index is 11.8. The SMILES string of the molecule is CNC(=O)C[C@@]1(OC)COCCN(c2nc(C)cc(C)n2)C1. The highest BCUT2D eigenvalue weighted by atomic mass is 16.5. The van der Waals surface area contributed by atoms with Crippen LogP contribution in [-0.2, 0) is 14.3 Å². The Morgan fingerprint density at radius 2 is 2.14 bits per heavy atom. The van der Waals surface area contributed by atoms with Crippen LogP contribution in [-0.4, -0.2) is 61.9 Å². The number of nitrogens with one attached hydrogen (secondary N) is 1. The number of methoxy groups -OCH3 is 1. The maximum absolute atomic E-state index is 11.8. The fourth-order valence-electron chi connectivity index (χ4n) is 2.61. The number of hydrogen-bond acceptors (Lipinski definition) is 6. The van der Waals surface area contributed by atoms with E-state index < -0.39 is 5.60 Å². The van der Waals surface area contributed by atoms with Crippen LogP contribution < -0.4 is 10.2 Å². The van der Waals surface area contributed by atoms with Gasteiger partial charge in [-0.2, -0.15) is 0 Å². The molecule has 1 aliphatic rings. The van der Waals surface area contributed by atoms with Crippen molar-refractivity contribution in [3.05, 3.63) is 17.5 Å². The van der Waals surface area contributed by atoms with Crippen molar-refractivity contribution >= 4 is 11.9 Å². The Balaban J connectivity index is 2.26. The second-order valence-corrected chi connectivity index (χ2v) is 5.66. The Labute approximate surface area is 131 Å². The Morgan fingerprint density at radius 3 is 2.73 bits per heavy atom. The van der Waals surface area contributed by atoms with Crippen molar-refractivity contribution in [3.8, 4) is 0 Å². The molecule has 0 saturated carbocycles. The van der Waals surface area contributed by atoms with Crippen molar-refractivity contribution in [1.29, 1.82) is 0 Å². The molecule has 22 heavy (non-hydrogen) atoms. The van der Waals surface area contributed by atoms with Crippen LogP contribution in [0.3, 0.4) is 0 Å². The Bertz CT molecular complexity index is 517. The van der Waals surface area contributed by atoms with Crippen LogP contribution >= 0.6 is 0 Å². The van der Waals surface area contributed by atoms with Crippen LogP contribution in [0.15, 0.2) is 6.07 Å². The van der Waals surface area contributed by atoms with Gasteiger partial charge in [-0.15, -0.1) is 0 Å². The van der Waals surface area contributed by atoms with E-state index in [4.69, 9.17) is 9.47 Å². The number of nitrogens with zero attached hydrogens (tertiary/aromatic N) is 3. The maximum Gasteiger partial charge on any atom is 0.225 e. The molecule has 1 fully saturated rings. The number of rotatable bonds is 4. The smallest absolute Gasteiger partial charge is 0.225 e. The average Bonchev–Trinajstić information content (AvgIpc) is 2.69. The molecule has 1 aromatic heterocycles. The normalized spacial score (nSPS) is 22.3. The fourth-order valence-corrected chi connectivity index (χ4v) is 2.61. The van der Waals surface area contributed by atoms with Crippen LogP contribution in [0.2, 0.25) is 0 Å².